The molecular weight excluding hydrogens is 248 g/mol. The van der Waals surface area contributed by atoms with E-state index in [1.54, 1.807) is 12.3 Å². The molecule has 5 heteroatoms. The van der Waals surface area contributed by atoms with Gasteiger partial charge in [-0.25, -0.2) is 18.7 Å². The molecule has 2 aromatic rings. The van der Waals surface area contributed by atoms with E-state index in [9.17, 15) is 8.78 Å². The first-order chi connectivity index (χ1) is 9.15. The molecule has 0 amide bonds. The van der Waals surface area contributed by atoms with E-state index in [-0.39, 0.29) is 5.92 Å². The van der Waals surface area contributed by atoms with Crippen LogP contribution in [0.4, 0.5) is 8.78 Å². The molecule has 1 atom stereocenters. The van der Waals surface area contributed by atoms with Gasteiger partial charge in [-0.2, -0.15) is 0 Å². The quantitative estimate of drug-likeness (QED) is 0.922. The SMILES string of the molecule is CCC(CN)c1nccc(-c2ccc(F)c(F)c2)n1. The summed E-state index contributed by atoms with van der Waals surface area (Å²) < 4.78 is 26.1. The van der Waals surface area contributed by atoms with Crippen LogP contribution in [0, 0.1) is 11.6 Å². The summed E-state index contributed by atoms with van der Waals surface area (Å²) in [5.41, 5.74) is 6.75. The number of hydrogen-bond donors (Lipinski definition) is 1. The summed E-state index contributed by atoms with van der Waals surface area (Å²) in [6, 6.07) is 5.38. The van der Waals surface area contributed by atoms with Crippen molar-refractivity contribution < 1.29 is 8.78 Å². The van der Waals surface area contributed by atoms with Gasteiger partial charge in [0, 0.05) is 24.2 Å². The zero-order chi connectivity index (χ0) is 13.8. The Morgan fingerprint density at radius 2 is 2.00 bits per heavy atom. The van der Waals surface area contributed by atoms with Crippen molar-refractivity contribution in [1.29, 1.82) is 0 Å². The molecule has 3 nitrogen and oxygen atoms in total. The van der Waals surface area contributed by atoms with E-state index in [2.05, 4.69) is 9.97 Å². The van der Waals surface area contributed by atoms with Crippen molar-refractivity contribution in [3.8, 4) is 11.3 Å². The summed E-state index contributed by atoms with van der Waals surface area (Å²) in [5, 5.41) is 0. The van der Waals surface area contributed by atoms with Crippen molar-refractivity contribution in [3.05, 3.63) is 47.9 Å². The van der Waals surface area contributed by atoms with E-state index in [0.29, 0.717) is 23.6 Å². The van der Waals surface area contributed by atoms with Crippen LogP contribution in [-0.2, 0) is 0 Å². The van der Waals surface area contributed by atoms with Gasteiger partial charge in [-0.3, -0.25) is 0 Å². The second-order valence-electron chi connectivity index (χ2n) is 4.27. The van der Waals surface area contributed by atoms with Crippen molar-refractivity contribution in [1.82, 2.24) is 9.97 Å². The largest absolute Gasteiger partial charge is 0.330 e. The molecule has 0 spiro atoms. The van der Waals surface area contributed by atoms with Crippen LogP contribution >= 0.6 is 0 Å². The minimum atomic E-state index is -0.886. The Kier molecular flexibility index (Phi) is 4.16. The number of aromatic nitrogens is 2. The molecule has 19 heavy (non-hydrogen) atoms. The Bertz CT molecular complexity index is 568. The average Bonchev–Trinajstić information content (AvgIpc) is 2.44. The van der Waals surface area contributed by atoms with Gasteiger partial charge in [0.25, 0.3) is 0 Å². The van der Waals surface area contributed by atoms with Crippen LogP contribution < -0.4 is 5.73 Å². The van der Waals surface area contributed by atoms with Gasteiger partial charge in [-0.15, -0.1) is 0 Å². The van der Waals surface area contributed by atoms with Crippen molar-refractivity contribution in [2.24, 2.45) is 5.73 Å². The fraction of sp³-hybridized carbons (Fsp3) is 0.286. The molecule has 0 saturated carbocycles. The fourth-order valence-electron chi connectivity index (χ4n) is 1.84. The Hall–Kier alpha value is -1.88. The smallest absolute Gasteiger partial charge is 0.159 e. The monoisotopic (exact) mass is 263 g/mol. The van der Waals surface area contributed by atoms with Crippen LogP contribution in [-0.4, -0.2) is 16.5 Å². The van der Waals surface area contributed by atoms with Gasteiger partial charge < -0.3 is 5.73 Å². The second kappa shape index (κ2) is 5.84. The van der Waals surface area contributed by atoms with E-state index in [0.717, 1.165) is 18.6 Å². The fourth-order valence-corrected chi connectivity index (χ4v) is 1.84. The Morgan fingerprint density at radius 3 is 2.63 bits per heavy atom. The third-order valence-electron chi connectivity index (χ3n) is 3.03. The number of benzene rings is 1. The summed E-state index contributed by atoms with van der Waals surface area (Å²) in [6.07, 6.45) is 2.44. The normalized spacial score (nSPS) is 12.4. The lowest BCUT2D eigenvalue weighted by Gasteiger charge is -2.11. The molecule has 100 valence electrons. The maximum atomic E-state index is 13.2. The van der Waals surface area contributed by atoms with Crippen LogP contribution in [0.15, 0.2) is 30.5 Å². The molecule has 0 aliphatic heterocycles. The molecule has 0 saturated heterocycles. The highest BCUT2D eigenvalue weighted by atomic mass is 19.2. The predicted octanol–water partition coefficient (Wildman–Crippen LogP) is 2.87. The van der Waals surface area contributed by atoms with Crippen LogP contribution in [0.1, 0.15) is 25.1 Å². The summed E-state index contributed by atoms with van der Waals surface area (Å²) in [7, 11) is 0. The molecule has 0 radical (unpaired) electrons. The van der Waals surface area contributed by atoms with Crippen LogP contribution in [0.25, 0.3) is 11.3 Å². The number of halogens is 2. The van der Waals surface area contributed by atoms with Gasteiger partial charge in [-0.1, -0.05) is 6.92 Å². The molecule has 1 aromatic heterocycles. The van der Waals surface area contributed by atoms with Crippen LogP contribution in [0.2, 0.25) is 0 Å². The number of hydrogen-bond acceptors (Lipinski definition) is 3. The van der Waals surface area contributed by atoms with Gasteiger partial charge in [0.05, 0.1) is 5.69 Å². The summed E-state index contributed by atoms with van der Waals surface area (Å²) in [4.78, 5) is 8.56. The molecule has 0 bridgehead atoms. The molecule has 0 aliphatic carbocycles. The van der Waals surface area contributed by atoms with Crippen LogP contribution in [0.3, 0.4) is 0 Å². The van der Waals surface area contributed by atoms with Crippen molar-refractivity contribution >= 4 is 0 Å². The predicted molar refractivity (Wildman–Crippen MR) is 69.5 cm³/mol. The Morgan fingerprint density at radius 1 is 1.21 bits per heavy atom. The van der Waals surface area contributed by atoms with Gasteiger partial charge in [-0.05, 0) is 30.7 Å². The first-order valence-electron chi connectivity index (χ1n) is 6.14. The molecule has 1 heterocycles. The van der Waals surface area contributed by atoms with Gasteiger partial charge >= 0.3 is 0 Å². The minimum absolute atomic E-state index is 0.0743. The minimum Gasteiger partial charge on any atom is -0.330 e. The van der Waals surface area contributed by atoms with E-state index < -0.39 is 11.6 Å². The molecule has 1 aromatic carbocycles. The highest BCUT2D eigenvalue weighted by molar-refractivity contribution is 5.58. The first kappa shape index (κ1) is 13.5. The Balaban J connectivity index is 2.40. The second-order valence-corrected chi connectivity index (χ2v) is 4.27. The van der Waals surface area contributed by atoms with Crippen molar-refractivity contribution in [2.75, 3.05) is 6.54 Å². The summed E-state index contributed by atoms with van der Waals surface area (Å²) in [5.74, 6) is -1.05. The lowest BCUT2D eigenvalue weighted by Crippen LogP contribution is -2.14. The van der Waals surface area contributed by atoms with E-state index >= 15 is 0 Å². The molecule has 2 rings (SSSR count). The topological polar surface area (TPSA) is 51.8 Å². The van der Waals surface area contributed by atoms with E-state index in [1.165, 1.54) is 6.07 Å². The van der Waals surface area contributed by atoms with Crippen molar-refractivity contribution in [3.63, 3.8) is 0 Å². The molecular formula is C14H15F2N3. The standard InChI is InChI=1S/C14H15F2N3/c1-2-9(8-17)14-18-6-5-13(19-14)10-3-4-11(15)12(16)7-10/h3-7,9H,2,8,17H2,1H3. The molecule has 0 aliphatic rings. The lowest BCUT2D eigenvalue weighted by molar-refractivity contribution is 0.509. The van der Waals surface area contributed by atoms with Crippen molar-refractivity contribution in [2.45, 2.75) is 19.3 Å². The number of nitrogens with two attached hydrogens (primary N) is 1. The summed E-state index contributed by atoms with van der Waals surface area (Å²) >= 11 is 0. The zero-order valence-electron chi connectivity index (χ0n) is 10.6. The zero-order valence-corrected chi connectivity index (χ0v) is 10.6. The molecule has 0 fully saturated rings. The highest BCUT2D eigenvalue weighted by Crippen LogP contribution is 2.21. The average molecular weight is 263 g/mol. The highest BCUT2D eigenvalue weighted by Gasteiger charge is 2.12. The lowest BCUT2D eigenvalue weighted by atomic mass is 10.1. The summed E-state index contributed by atoms with van der Waals surface area (Å²) in [6.45, 7) is 2.46. The third kappa shape index (κ3) is 2.93. The van der Waals surface area contributed by atoms with E-state index in [1.807, 2.05) is 6.92 Å². The van der Waals surface area contributed by atoms with Gasteiger partial charge in [0.15, 0.2) is 11.6 Å². The first-order valence-corrected chi connectivity index (χ1v) is 6.14. The maximum Gasteiger partial charge on any atom is 0.159 e. The van der Waals surface area contributed by atoms with Crippen LogP contribution in [0.5, 0.6) is 0 Å². The molecule has 1 unspecified atom stereocenters. The number of rotatable bonds is 4. The van der Waals surface area contributed by atoms with Gasteiger partial charge in [0.1, 0.15) is 5.82 Å². The van der Waals surface area contributed by atoms with E-state index in [4.69, 9.17) is 5.73 Å². The number of nitrogens with zero attached hydrogens (tertiary/aromatic N) is 2. The third-order valence-corrected chi connectivity index (χ3v) is 3.03. The molecule has 2 N–H and O–H groups in total. The maximum absolute atomic E-state index is 13.2. The Labute approximate surface area is 110 Å². The van der Waals surface area contributed by atoms with Gasteiger partial charge in [0.2, 0.25) is 0 Å².